The highest BCUT2D eigenvalue weighted by atomic mass is 32.2. The summed E-state index contributed by atoms with van der Waals surface area (Å²) >= 11 is 0. The minimum Gasteiger partial charge on any atom is -0.328 e. The molecule has 84 valence electrons. The first-order chi connectivity index (χ1) is 6.39. The van der Waals surface area contributed by atoms with Gasteiger partial charge in [-0.2, -0.15) is 0 Å². The summed E-state index contributed by atoms with van der Waals surface area (Å²) in [5.41, 5.74) is 5.81. The van der Waals surface area contributed by atoms with Crippen LogP contribution in [0.5, 0.6) is 0 Å². The van der Waals surface area contributed by atoms with Gasteiger partial charge in [-0.25, -0.2) is 8.93 Å². The van der Waals surface area contributed by atoms with Crippen molar-refractivity contribution in [2.75, 3.05) is 0 Å². The first-order valence-electron chi connectivity index (χ1n) is 5.33. The maximum absolute atomic E-state index is 11.8. The molecule has 0 aromatic rings. The van der Waals surface area contributed by atoms with E-state index in [0.717, 1.165) is 25.7 Å². The zero-order chi connectivity index (χ0) is 10.8. The molecule has 3 nitrogen and oxygen atoms in total. The highest BCUT2D eigenvalue weighted by Crippen LogP contribution is 2.19. The quantitative estimate of drug-likeness (QED) is 0.734. The molecule has 14 heavy (non-hydrogen) atoms. The largest absolute Gasteiger partial charge is 0.328 e. The van der Waals surface area contributed by atoms with Gasteiger partial charge >= 0.3 is 0 Å². The SMILES string of the molecule is CC(C)(C)S(=O)NC1CCC(N)CC1. The molecule has 3 N–H and O–H groups in total. The molecule has 1 unspecified atom stereocenters. The van der Waals surface area contributed by atoms with E-state index < -0.39 is 11.0 Å². The summed E-state index contributed by atoms with van der Waals surface area (Å²) in [5, 5.41) is 0. The maximum atomic E-state index is 11.8. The van der Waals surface area contributed by atoms with E-state index in [0.29, 0.717) is 12.1 Å². The Labute approximate surface area is 89.4 Å². The molecule has 0 heterocycles. The third-order valence-electron chi connectivity index (χ3n) is 2.60. The Kier molecular flexibility index (Phi) is 4.10. The first kappa shape index (κ1) is 12.1. The van der Waals surface area contributed by atoms with Crippen molar-refractivity contribution in [2.24, 2.45) is 5.73 Å². The van der Waals surface area contributed by atoms with Crippen LogP contribution in [0.25, 0.3) is 0 Å². The molecule has 0 amide bonds. The smallest absolute Gasteiger partial charge is 0.0972 e. The first-order valence-corrected chi connectivity index (χ1v) is 6.48. The molecular weight excluding hydrogens is 196 g/mol. The lowest BCUT2D eigenvalue weighted by Crippen LogP contribution is -2.43. The molecule has 1 aliphatic rings. The molecule has 0 aliphatic heterocycles. The second-order valence-corrected chi connectivity index (χ2v) is 7.11. The molecule has 0 radical (unpaired) electrons. The van der Waals surface area contributed by atoms with Gasteiger partial charge in [0.1, 0.15) is 0 Å². The normalized spacial score (nSPS) is 31.4. The topological polar surface area (TPSA) is 55.1 Å². The van der Waals surface area contributed by atoms with Gasteiger partial charge in [0.15, 0.2) is 0 Å². The fourth-order valence-electron chi connectivity index (χ4n) is 1.57. The zero-order valence-electron chi connectivity index (χ0n) is 9.38. The van der Waals surface area contributed by atoms with Crippen LogP contribution in [-0.2, 0) is 11.0 Å². The lowest BCUT2D eigenvalue weighted by atomic mass is 9.93. The van der Waals surface area contributed by atoms with E-state index in [4.69, 9.17) is 5.73 Å². The van der Waals surface area contributed by atoms with Crippen LogP contribution in [0.2, 0.25) is 0 Å². The molecule has 1 rings (SSSR count). The lowest BCUT2D eigenvalue weighted by Gasteiger charge is -2.29. The summed E-state index contributed by atoms with van der Waals surface area (Å²) in [5.74, 6) is 0. The minimum absolute atomic E-state index is 0.167. The molecule has 0 aromatic carbocycles. The summed E-state index contributed by atoms with van der Waals surface area (Å²) in [4.78, 5) is 0. The molecule has 0 aromatic heterocycles. The Morgan fingerprint density at radius 1 is 1.21 bits per heavy atom. The van der Waals surface area contributed by atoms with E-state index in [1.165, 1.54) is 0 Å². The molecule has 0 saturated heterocycles. The fraction of sp³-hybridized carbons (Fsp3) is 1.00. The second kappa shape index (κ2) is 4.73. The number of hydrogen-bond donors (Lipinski definition) is 2. The van der Waals surface area contributed by atoms with Crippen molar-refractivity contribution in [3.63, 3.8) is 0 Å². The third-order valence-corrected chi connectivity index (χ3v) is 4.26. The van der Waals surface area contributed by atoms with Gasteiger partial charge in [0.25, 0.3) is 0 Å². The standard InChI is InChI=1S/C10H22N2OS/c1-10(2,3)14(13)12-9-6-4-8(11)5-7-9/h8-9,12H,4-7,11H2,1-3H3. The minimum atomic E-state index is -0.937. The van der Waals surface area contributed by atoms with Crippen LogP contribution in [0.3, 0.4) is 0 Å². The van der Waals surface area contributed by atoms with Crippen molar-refractivity contribution in [2.45, 2.75) is 63.3 Å². The van der Waals surface area contributed by atoms with Gasteiger partial charge in [-0.1, -0.05) is 0 Å². The van der Waals surface area contributed by atoms with Crippen molar-refractivity contribution in [3.8, 4) is 0 Å². The third kappa shape index (κ3) is 3.67. The van der Waals surface area contributed by atoms with Gasteiger partial charge in [0, 0.05) is 12.1 Å². The van der Waals surface area contributed by atoms with Gasteiger partial charge < -0.3 is 5.73 Å². The van der Waals surface area contributed by atoms with Crippen LogP contribution >= 0.6 is 0 Å². The van der Waals surface area contributed by atoms with Crippen LogP contribution in [-0.4, -0.2) is 21.0 Å². The predicted molar refractivity (Wildman–Crippen MR) is 61.3 cm³/mol. The van der Waals surface area contributed by atoms with Crippen LogP contribution in [0, 0.1) is 0 Å². The molecular formula is C10H22N2OS. The molecule has 1 saturated carbocycles. The van der Waals surface area contributed by atoms with Crippen molar-refractivity contribution < 1.29 is 4.21 Å². The number of nitrogens with two attached hydrogens (primary N) is 1. The summed E-state index contributed by atoms with van der Waals surface area (Å²) in [6, 6.07) is 0.756. The Morgan fingerprint density at radius 2 is 1.71 bits per heavy atom. The highest BCUT2D eigenvalue weighted by Gasteiger charge is 2.25. The highest BCUT2D eigenvalue weighted by molar-refractivity contribution is 7.84. The van der Waals surface area contributed by atoms with E-state index in [9.17, 15) is 4.21 Å². The van der Waals surface area contributed by atoms with Crippen molar-refractivity contribution in [1.82, 2.24) is 4.72 Å². The van der Waals surface area contributed by atoms with Crippen LogP contribution in [0.1, 0.15) is 46.5 Å². The Hall–Kier alpha value is 0.0700. The van der Waals surface area contributed by atoms with Crippen molar-refractivity contribution in [3.05, 3.63) is 0 Å². The fourth-order valence-corrected chi connectivity index (χ4v) is 2.46. The van der Waals surface area contributed by atoms with Gasteiger partial charge in [0.2, 0.25) is 0 Å². The number of nitrogens with one attached hydrogen (secondary N) is 1. The van der Waals surface area contributed by atoms with Crippen LogP contribution < -0.4 is 10.5 Å². The van der Waals surface area contributed by atoms with Gasteiger partial charge in [-0.05, 0) is 46.5 Å². The Morgan fingerprint density at radius 3 is 2.14 bits per heavy atom. The van der Waals surface area contributed by atoms with Gasteiger partial charge in [0.05, 0.1) is 15.7 Å². The molecule has 0 bridgehead atoms. The van der Waals surface area contributed by atoms with E-state index in [1.54, 1.807) is 0 Å². The molecule has 0 spiro atoms. The van der Waals surface area contributed by atoms with Crippen molar-refractivity contribution in [1.29, 1.82) is 0 Å². The Bertz CT molecular complexity index is 205. The van der Waals surface area contributed by atoms with E-state index in [-0.39, 0.29) is 4.75 Å². The van der Waals surface area contributed by atoms with Crippen molar-refractivity contribution >= 4 is 11.0 Å². The number of hydrogen-bond acceptors (Lipinski definition) is 2. The predicted octanol–water partition coefficient (Wildman–Crippen LogP) is 1.31. The summed E-state index contributed by atoms with van der Waals surface area (Å²) in [6.07, 6.45) is 4.23. The number of rotatable bonds is 2. The zero-order valence-corrected chi connectivity index (χ0v) is 10.2. The maximum Gasteiger partial charge on any atom is 0.0972 e. The average molecular weight is 218 g/mol. The van der Waals surface area contributed by atoms with E-state index in [1.807, 2.05) is 20.8 Å². The lowest BCUT2D eigenvalue weighted by molar-refractivity contribution is 0.376. The second-order valence-electron chi connectivity index (χ2n) is 5.11. The average Bonchev–Trinajstić information content (AvgIpc) is 2.07. The van der Waals surface area contributed by atoms with Gasteiger partial charge in [-0.15, -0.1) is 0 Å². The molecule has 1 atom stereocenters. The monoisotopic (exact) mass is 218 g/mol. The van der Waals surface area contributed by atoms with Gasteiger partial charge in [-0.3, -0.25) is 0 Å². The summed E-state index contributed by atoms with van der Waals surface area (Å²) < 4.78 is 14.8. The molecule has 4 heteroatoms. The molecule has 1 aliphatic carbocycles. The Balaban J connectivity index is 2.35. The van der Waals surface area contributed by atoms with Crippen LogP contribution in [0.15, 0.2) is 0 Å². The summed E-state index contributed by atoms with van der Waals surface area (Å²) in [6.45, 7) is 5.97. The van der Waals surface area contributed by atoms with E-state index in [2.05, 4.69) is 4.72 Å². The van der Waals surface area contributed by atoms with Crippen LogP contribution in [0.4, 0.5) is 0 Å². The summed E-state index contributed by atoms with van der Waals surface area (Å²) in [7, 11) is -0.937. The van der Waals surface area contributed by atoms with E-state index >= 15 is 0 Å². The molecule has 1 fully saturated rings.